The molecule has 1 aromatic carbocycles. The highest BCUT2D eigenvalue weighted by atomic mass is 79.9. The second-order valence-electron chi connectivity index (χ2n) is 1.78. The van der Waals surface area contributed by atoms with Crippen LogP contribution in [0.4, 0.5) is 4.39 Å². The van der Waals surface area contributed by atoms with Gasteiger partial charge >= 0.3 is 0 Å². The van der Waals surface area contributed by atoms with Gasteiger partial charge in [-0.3, -0.25) is 4.79 Å². The van der Waals surface area contributed by atoms with Crippen molar-refractivity contribution in [3.05, 3.63) is 34.1 Å². The maximum atomic E-state index is 12.6. The Morgan fingerprint density at radius 2 is 1.79 bits per heavy atom. The van der Waals surface area contributed by atoms with Gasteiger partial charge in [0.2, 0.25) is 0 Å². The van der Waals surface area contributed by atoms with E-state index in [4.69, 9.17) is 0 Å². The smallest absolute Gasteiger partial charge is 0.152 e. The number of carbonyl (C=O) groups is 1. The molecular formula is C11H18BrFO. The first-order chi connectivity index (χ1) is 5.74. The lowest BCUT2D eigenvalue weighted by Gasteiger charge is -1.92. The van der Waals surface area contributed by atoms with Crippen molar-refractivity contribution >= 4 is 22.2 Å². The molecule has 1 nitrogen and oxygen atoms in total. The van der Waals surface area contributed by atoms with E-state index < -0.39 is 5.82 Å². The van der Waals surface area contributed by atoms with E-state index >= 15 is 0 Å². The Morgan fingerprint density at radius 3 is 2.14 bits per heavy atom. The molecule has 0 saturated carbocycles. The van der Waals surface area contributed by atoms with E-state index in [0.29, 0.717) is 10.8 Å². The molecule has 0 radical (unpaired) electrons. The molecule has 3 heteroatoms. The number of benzene rings is 1. The molecule has 1 aromatic rings. The zero-order valence-electron chi connectivity index (χ0n) is 6.97. The number of aldehydes is 1. The zero-order valence-corrected chi connectivity index (χ0v) is 8.56. The Hall–Kier alpha value is -0.700. The second-order valence-corrected chi connectivity index (χ2v) is 2.70. The normalized spacial score (nSPS) is 7.14. The summed E-state index contributed by atoms with van der Waals surface area (Å²) in [6, 6.07) is 4.29. The lowest BCUT2D eigenvalue weighted by atomic mass is 10.2. The topological polar surface area (TPSA) is 17.1 Å². The Morgan fingerprint density at radius 1 is 1.29 bits per heavy atom. The minimum Gasteiger partial charge on any atom is -0.298 e. The van der Waals surface area contributed by atoms with E-state index in [-0.39, 0.29) is 20.4 Å². The van der Waals surface area contributed by atoms with E-state index in [1.54, 1.807) is 6.07 Å². The fraction of sp³-hybridized carbons (Fsp3) is 0.364. The number of hydrogen-bond donors (Lipinski definition) is 0. The summed E-state index contributed by atoms with van der Waals surface area (Å²) in [4.78, 5) is 10.1. The summed E-state index contributed by atoms with van der Waals surface area (Å²) in [6.07, 6.45) is 0.488. The molecule has 0 spiro atoms. The van der Waals surface area contributed by atoms with Crippen LogP contribution in [0.25, 0.3) is 0 Å². The van der Waals surface area contributed by atoms with E-state index in [9.17, 15) is 9.18 Å². The van der Waals surface area contributed by atoms with Gasteiger partial charge in [-0.15, -0.1) is 0 Å². The van der Waals surface area contributed by atoms with Crippen LogP contribution in [0, 0.1) is 5.82 Å². The van der Waals surface area contributed by atoms with Crippen LogP contribution in [0.3, 0.4) is 0 Å². The van der Waals surface area contributed by atoms with Crippen LogP contribution < -0.4 is 0 Å². The number of hydrogen-bond acceptors (Lipinski definition) is 1. The predicted octanol–water partition coefficient (Wildman–Crippen LogP) is 4.70. The van der Waals surface area contributed by atoms with Crippen LogP contribution in [-0.2, 0) is 0 Å². The van der Waals surface area contributed by atoms with E-state index in [0.717, 1.165) is 0 Å². The average Bonchev–Trinajstić information content (AvgIpc) is 2.08. The van der Waals surface area contributed by atoms with Crippen LogP contribution in [0.1, 0.15) is 39.1 Å². The highest BCUT2D eigenvalue weighted by molar-refractivity contribution is 9.10. The molecule has 14 heavy (non-hydrogen) atoms. The Bertz CT molecular complexity index is 261. The number of halogens is 2. The molecule has 0 aliphatic carbocycles. The van der Waals surface area contributed by atoms with Crippen molar-refractivity contribution in [1.82, 2.24) is 0 Å². The van der Waals surface area contributed by atoms with Gasteiger partial charge in [-0.05, 0) is 18.2 Å². The monoisotopic (exact) mass is 264 g/mol. The molecule has 0 atom stereocenters. The summed E-state index contributed by atoms with van der Waals surface area (Å²) >= 11 is 3.07. The lowest BCUT2D eigenvalue weighted by Crippen LogP contribution is -1.85. The van der Waals surface area contributed by atoms with E-state index in [1.165, 1.54) is 12.1 Å². The van der Waals surface area contributed by atoms with Crippen molar-refractivity contribution in [2.24, 2.45) is 0 Å². The predicted molar refractivity (Wildman–Crippen MR) is 64.3 cm³/mol. The van der Waals surface area contributed by atoms with Crippen molar-refractivity contribution in [3.63, 3.8) is 0 Å². The summed E-state index contributed by atoms with van der Waals surface area (Å²) in [7, 11) is 0. The van der Waals surface area contributed by atoms with Gasteiger partial charge in [-0.1, -0.05) is 44.6 Å². The largest absolute Gasteiger partial charge is 0.298 e. The van der Waals surface area contributed by atoms with Gasteiger partial charge in [0.05, 0.1) is 5.56 Å². The average molecular weight is 265 g/mol. The molecule has 0 heterocycles. The fourth-order valence-electron chi connectivity index (χ4n) is 0.597. The van der Waals surface area contributed by atoms with Crippen LogP contribution in [0.5, 0.6) is 0 Å². The first kappa shape index (κ1) is 19.0. The third-order valence-corrected chi connectivity index (χ3v) is 1.58. The molecule has 1 rings (SSSR count). The summed E-state index contributed by atoms with van der Waals surface area (Å²) < 4.78 is 13.2. The number of rotatable bonds is 1. The summed E-state index contributed by atoms with van der Waals surface area (Å²) in [6.45, 7) is 4.00. The maximum absolute atomic E-state index is 12.6. The molecule has 0 saturated heterocycles. The first-order valence-corrected chi connectivity index (χ1v) is 4.43. The minimum atomic E-state index is -0.496. The molecule has 0 aromatic heterocycles. The van der Waals surface area contributed by atoms with Crippen molar-refractivity contribution in [2.45, 2.75) is 28.7 Å². The molecule has 0 aliphatic heterocycles. The van der Waals surface area contributed by atoms with Crippen molar-refractivity contribution in [1.29, 1.82) is 0 Å². The maximum Gasteiger partial charge on any atom is 0.152 e. The molecule has 0 amide bonds. The molecule has 0 aliphatic rings. The third kappa shape index (κ3) is 5.86. The molecule has 82 valence electrons. The highest BCUT2D eigenvalue weighted by Gasteiger charge is 1.98. The van der Waals surface area contributed by atoms with Crippen molar-refractivity contribution in [2.75, 3.05) is 0 Å². The Balaban J connectivity index is -0.000000284. The van der Waals surface area contributed by atoms with Gasteiger partial charge in [0.1, 0.15) is 5.82 Å². The fourth-order valence-corrected chi connectivity index (χ4v) is 0.930. The van der Waals surface area contributed by atoms with E-state index in [1.807, 2.05) is 13.8 Å². The van der Waals surface area contributed by atoms with Gasteiger partial charge in [-0.2, -0.15) is 0 Å². The van der Waals surface area contributed by atoms with Crippen LogP contribution >= 0.6 is 15.9 Å². The summed E-state index contributed by atoms with van der Waals surface area (Å²) in [5.74, 6) is -0.496. The first-order valence-electron chi connectivity index (χ1n) is 3.64. The van der Waals surface area contributed by atoms with Crippen molar-refractivity contribution in [3.8, 4) is 0 Å². The second kappa shape index (κ2) is 10.4. The minimum absolute atomic E-state index is 0. The van der Waals surface area contributed by atoms with Gasteiger partial charge in [-0.25, -0.2) is 4.39 Å². The van der Waals surface area contributed by atoms with Crippen LogP contribution in [0.15, 0.2) is 22.7 Å². The summed E-state index contributed by atoms with van der Waals surface area (Å²) in [5, 5.41) is 0. The SMILES string of the molecule is C.C.CC.O=Cc1ccc(Br)cc1F. The van der Waals surface area contributed by atoms with Gasteiger partial charge < -0.3 is 0 Å². The quantitative estimate of drug-likeness (QED) is 0.672. The summed E-state index contributed by atoms with van der Waals surface area (Å²) in [5.41, 5.74) is 0.0863. The zero-order chi connectivity index (χ0) is 9.56. The van der Waals surface area contributed by atoms with Gasteiger partial charge in [0.15, 0.2) is 6.29 Å². The Kier molecular flexibility index (Phi) is 14.1. The van der Waals surface area contributed by atoms with Gasteiger partial charge in [0.25, 0.3) is 0 Å². The van der Waals surface area contributed by atoms with E-state index in [2.05, 4.69) is 15.9 Å². The lowest BCUT2D eigenvalue weighted by molar-refractivity contribution is 0.112. The van der Waals surface area contributed by atoms with Crippen LogP contribution in [-0.4, -0.2) is 6.29 Å². The highest BCUT2D eigenvalue weighted by Crippen LogP contribution is 2.13. The van der Waals surface area contributed by atoms with Gasteiger partial charge in [0, 0.05) is 4.47 Å². The number of carbonyl (C=O) groups excluding carboxylic acids is 1. The Labute approximate surface area is 94.5 Å². The van der Waals surface area contributed by atoms with Crippen molar-refractivity contribution < 1.29 is 9.18 Å². The molecule has 0 N–H and O–H groups in total. The molecule has 0 unspecified atom stereocenters. The third-order valence-electron chi connectivity index (χ3n) is 1.09. The standard InChI is InChI=1S/C7H4BrFO.C2H6.2CH4/c8-6-2-1-5(4-10)7(9)3-6;1-2;;/h1-4H;1-2H3;2*1H4. The molecule has 0 bridgehead atoms. The molecule has 0 fully saturated rings. The molecular weight excluding hydrogens is 247 g/mol. The van der Waals surface area contributed by atoms with Crippen LogP contribution in [0.2, 0.25) is 0 Å².